The minimum atomic E-state index is -0.287. The van der Waals surface area contributed by atoms with Gasteiger partial charge in [0.1, 0.15) is 12.4 Å². The van der Waals surface area contributed by atoms with E-state index in [0.29, 0.717) is 18.1 Å². The van der Waals surface area contributed by atoms with Crippen LogP contribution in [0.3, 0.4) is 0 Å². The second kappa shape index (κ2) is 7.87. The molecule has 6 heteroatoms. The second-order valence-corrected chi connectivity index (χ2v) is 7.71. The van der Waals surface area contributed by atoms with Crippen molar-refractivity contribution in [1.82, 2.24) is 14.8 Å². The number of likely N-dealkylation sites (tertiary alicyclic amines) is 1. The Kier molecular flexibility index (Phi) is 4.94. The van der Waals surface area contributed by atoms with Gasteiger partial charge in [-0.05, 0) is 56.6 Å². The number of piperidine rings is 1. The van der Waals surface area contributed by atoms with E-state index in [0.717, 1.165) is 55.5 Å². The number of para-hydroxylation sites is 1. The number of fused-ring (bicyclic) bond motifs is 2. The number of hydrogen-bond donors (Lipinski definition) is 0. The fourth-order valence-electron chi connectivity index (χ4n) is 4.28. The summed E-state index contributed by atoms with van der Waals surface area (Å²) in [6.07, 6.45) is 5.05. The van der Waals surface area contributed by atoms with Gasteiger partial charge in [0.25, 0.3) is 0 Å². The zero-order chi connectivity index (χ0) is 19.6. The Morgan fingerprint density at radius 2 is 1.97 bits per heavy atom. The highest BCUT2D eigenvalue weighted by molar-refractivity contribution is 5.80. The Balaban J connectivity index is 1.11. The minimum Gasteiger partial charge on any atom is -0.414 e. The van der Waals surface area contributed by atoms with Crippen molar-refractivity contribution in [2.24, 2.45) is 0 Å². The fourth-order valence-corrected chi connectivity index (χ4v) is 4.28. The first kappa shape index (κ1) is 18.2. The van der Waals surface area contributed by atoms with E-state index in [2.05, 4.69) is 28.3 Å². The summed E-state index contributed by atoms with van der Waals surface area (Å²) in [5.74, 6) is 0.0885. The summed E-state index contributed by atoms with van der Waals surface area (Å²) in [7, 11) is 0. The maximum atomic E-state index is 13.3. The third kappa shape index (κ3) is 3.72. The first-order valence-electron chi connectivity index (χ1n) is 10.2. The van der Waals surface area contributed by atoms with Gasteiger partial charge < -0.3 is 14.3 Å². The van der Waals surface area contributed by atoms with E-state index in [-0.39, 0.29) is 5.82 Å². The number of hydrogen-bond acceptors (Lipinski definition) is 4. The molecule has 0 radical (unpaired) electrons. The van der Waals surface area contributed by atoms with Crippen LogP contribution in [-0.2, 0) is 0 Å². The molecule has 0 N–H and O–H groups in total. The van der Waals surface area contributed by atoms with Crippen molar-refractivity contribution in [3.8, 4) is 0 Å². The van der Waals surface area contributed by atoms with Crippen LogP contribution in [0.5, 0.6) is 0 Å². The summed E-state index contributed by atoms with van der Waals surface area (Å²) in [5, 5.41) is 6.37. The highest BCUT2D eigenvalue weighted by atomic mass is 19.1. The quantitative estimate of drug-likeness (QED) is 0.449. The van der Waals surface area contributed by atoms with E-state index in [1.807, 2.05) is 23.1 Å². The molecule has 0 atom stereocenters. The van der Waals surface area contributed by atoms with Gasteiger partial charge in [0.05, 0.1) is 11.2 Å². The summed E-state index contributed by atoms with van der Waals surface area (Å²) in [4.78, 5) is 8.41. The first-order chi connectivity index (χ1) is 14.3. The van der Waals surface area contributed by atoms with Crippen LogP contribution in [0.15, 0.2) is 59.3 Å². The minimum absolute atomic E-state index is 0.287. The van der Waals surface area contributed by atoms with Crippen LogP contribution in [-0.4, -0.2) is 41.0 Å². The Bertz CT molecular complexity index is 1110. The van der Waals surface area contributed by atoms with Gasteiger partial charge in [-0.2, -0.15) is 4.73 Å². The van der Waals surface area contributed by atoms with Crippen LogP contribution >= 0.6 is 0 Å². The lowest BCUT2D eigenvalue weighted by Crippen LogP contribution is -2.34. The van der Waals surface area contributed by atoms with E-state index in [1.54, 1.807) is 6.07 Å². The first-order valence-corrected chi connectivity index (χ1v) is 10.2. The van der Waals surface area contributed by atoms with Crippen LogP contribution in [0, 0.1) is 5.82 Å². The molecule has 1 saturated heterocycles. The maximum absolute atomic E-state index is 13.3. The highest BCUT2D eigenvalue weighted by Crippen LogP contribution is 2.32. The number of aromatic nitrogens is 2. The molecule has 1 aliphatic heterocycles. The van der Waals surface area contributed by atoms with Gasteiger partial charge in [-0.25, -0.2) is 4.39 Å². The molecule has 0 amide bonds. The molecule has 0 saturated carbocycles. The van der Waals surface area contributed by atoms with Crippen molar-refractivity contribution in [1.29, 1.82) is 0 Å². The summed E-state index contributed by atoms with van der Waals surface area (Å²) in [6, 6.07) is 15.0. The van der Waals surface area contributed by atoms with Gasteiger partial charge in [0.2, 0.25) is 0 Å². The second-order valence-electron chi connectivity index (χ2n) is 7.71. The molecule has 1 aliphatic rings. The third-order valence-electron chi connectivity index (χ3n) is 5.85. The number of halogens is 1. The van der Waals surface area contributed by atoms with Gasteiger partial charge in [-0.15, -0.1) is 0 Å². The molecule has 1 fully saturated rings. The van der Waals surface area contributed by atoms with E-state index < -0.39 is 0 Å². The van der Waals surface area contributed by atoms with Gasteiger partial charge in [0.15, 0.2) is 5.58 Å². The van der Waals surface area contributed by atoms with Crippen molar-refractivity contribution in [3.05, 3.63) is 66.2 Å². The smallest absolute Gasteiger partial charge is 0.170 e. The zero-order valence-electron chi connectivity index (χ0n) is 16.3. The average Bonchev–Trinajstić information content (AvgIpc) is 3.35. The van der Waals surface area contributed by atoms with Gasteiger partial charge in [-0.1, -0.05) is 23.4 Å². The lowest BCUT2D eigenvalue weighted by Gasteiger charge is -2.31. The topological polar surface area (TPSA) is 43.4 Å². The molecule has 0 spiro atoms. The van der Waals surface area contributed by atoms with Crippen LogP contribution in [0.4, 0.5) is 4.39 Å². The zero-order valence-corrected chi connectivity index (χ0v) is 16.3. The average molecular weight is 393 g/mol. The Hall–Kier alpha value is -2.86. The van der Waals surface area contributed by atoms with Crippen LogP contribution < -0.4 is 4.84 Å². The molecule has 2 aromatic carbocycles. The predicted molar refractivity (Wildman–Crippen MR) is 110 cm³/mol. The number of nitrogens with zero attached hydrogens (tertiary/aromatic N) is 3. The van der Waals surface area contributed by atoms with Crippen molar-refractivity contribution in [2.45, 2.75) is 25.2 Å². The molecule has 2 aromatic heterocycles. The maximum Gasteiger partial charge on any atom is 0.170 e. The Morgan fingerprint density at radius 3 is 2.86 bits per heavy atom. The summed E-state index contributed by atoms with van der Waals surface area (Å²) in [5.41, 5.74) is 2.62. The molecule has 5 nitrogen and oxygen atoms in total. The van der Waals surface area contributed by atoms with Crippen molar-refractivity contribution < 1.29 is 13.8 Å². The van der Waals surface area contributed by atoms with E-state index in [4.69, 9.17) is 9.36 Å². The summed E-state index contributed by atoms with van der Waals surface area (Å²) >= 11 is 0. The predicted octanol–water partition coefficient (Wildman–Crippen LogP) is 4.62. The molecular weight excluding hydrogens is 369 g/mol. The molecule has 4 aromatic rings. The lowest BCUT2D eigenvalue weighted by atomic mass is 9.91. The summed E-state index contributed by atoms with van der Waals surface area (Å²) in [6.45, 7) is 3.79. The van der Waals surface area contributed by atoms with Crippen LogP contribution in [0.2, 0.25) is 0 Å². The number of benzene rings is 2. The molecule has 0 unspecified atom stereocenters. The number of rotatable bonds is 6. The standard InChI is InChI=1S/C23H24FN3O2/c24-19-6-7-20-22(16-19)29-25-23(20)18-8-12-26(13-9-18)11-3-15-28-27-14-10-17-4-1-2-5-21(17)27/h1-2,4-7,10,14,16,18H,3,8-9,11-13,15H2. The van der Waals surface area contributed by atoms with E-state index >= 15 is 0 Å². The largest absolute Gasteiger partial charge is 0.414 e. The molecule has 0 bridgehead atoms. The van der Waals surface area contributed by atoms with Crippen molar-refractivity contribution in [3.63, 3.8) is 0 Å². The molecule has 0 aliphatic carbocycles. The molecule has 150 valence electrons. The van der Waals surface area contributed by atoms with E-state index in [9.17, 15) is 4.39 Å². The Morgan fingerprint density at radius 1 is 1.10 bits per heavy atom. The SMILES string of the molecule is Fc1ccc2c(C3CCN(CCCOn4ccc5ccccc54)CC3)noc2c1. The van der Waals surface area contributed by atoms with Gasteiger partial charge >= 0.3 is 0 Å². The third-order valence-corrected chi connectivity index (χ3v) is 5.85. The van der Waals surface area contributed by atoms with E-state index in [1.165, 1.54) is 17.5 Å². The monoisotopic (exact) mass is 393 g/mol. The fraction of sp³-hybridized carbons (Fsp3) is 0.348. The van der Waals surface area contributed by atoms with Crippen LogP contribution in [0.1, 0.15) is 30.9 Å². The molecule has 3 heterocycles. The summed E-state index contributed by atoms with van der Waals surface area (Å²) < 4.78 is 20.5. The van der Waals surface area contributed by atoms with Gasteiger partial charge in [0, 0.05) is 35.5 Å². The lowest BCUT2D eigenvalue weighted by molar-refractivity contribution is 0.104. The van der Waals surface area contributed by atoms with Crippen molar-refractivity contribution in [2.75, 3.05) is 26.2 Å². The van der Waals surface area contributed by atoms with Crippen LogP contribution in [0.25, 0.3) is 21.9 Å². The van der Waals surface area contributed by atoms with Gasteiger partial charge in [-0.3, -0.25) is 0 Å². The highest BCUT2D eigenvalue weighted by Gasteiger charge is 2.24. The molecule has 5 rings (SSSR count). The Labute approximate surface area is 168 Å². The molecule has 29 heavy (non-hydrogen) atoms. The normalized spacial score (nSPS) is 16.0. The molecular formula is C23H24FN3O2. The van der Waals surface area contributed by atoms with Crippen molar-refractivity contribution >= 4 is 21.9 Å².